The van der Waals surface area contributed by atoms with Crippen molar-refractivity contribution >= 4 is 10.8 Å². The van der Waals surface area contributed by atoms with Crippen LogP contribution >= 0.6 is 0 Å². The van der Waals surface area contributed by atoms with Crippen molar-refractivity contribution in [2.75, 3.05) is 0 Å². The minimum Gasteiger partial charge on any atom is -0.407 e. The van der Waals surface area contributed by atoms with Crippen LogP contribution in [0.2, 0.25) is 0 Å². The first-order valence-electron chi connectivity index (χ1n) is 8.63. The molecule has 1 heterocycles. The lowest BCUT2D eigenvalue weighted by Gasteiger charge is -2.07. The van der Waals surface area contributed by atoms with E-state index in [0.717, 1.165) is 27.6 Å². The molecule has 4 aromatic rings. The second kappa shape index (κ2) is 6.89. The molecule has 0 bridgehead atoms. The average Bonchev–Trinajstić information content (AvgIpc) is 2.98. The summed E-state index contributed by atoms with van der Waals surface area (Å²) in [6.07, 6.45) is 2.37. The van der Waals surface area contributed by atoms with Gasteiger partial charge in [0.25, 0.3) is 0 Å². The van der Waals surface area contributed by atoms with E-state index in [2.05, 4.69) is 30.8 Å². The Balaban J connectivity index is 1.84. The molecular weight excluding hydrogens is 322 g/mol. The van der Waals surface area contributed by atoms with Gasteiger partial charge in [-0.3, -0.25) is 4.57 Å². The van der Waals surface area contributed by atoms with E-state index in [9.17, 15) is 4.79 Å². The fourth-order valence-electron chi connectivity index (χ4n) is 3.26. The maximum Gasteiger partial charge on any atom is 0.420 e. The highest BCUT2D eigenvalue weighted by Gasteiger charge is 2.17. The second-order valence-corrected chi connectivity index (χ2v) is 6.27. The van der Waals surface area contributed by atoms with Crippen LogP contribution in [0.1, 0.15) is 11.3 Å². The van der Waals surface area contributed by atoms with E-state index >= 15 is 0 Å². The molecule has 128 valence electrons. The Labute approximate surface area is 151 Å². The SMILES string of the molecule is C=CCc1c(-c2ccc3ccccc3c2)oc(=O)n1Cc1ccccc1. The Morgan fingerprint density at radius 2 is 1.65 bits per heavy atom. The topological polar surface area (TPSA) is 35.1 Å². The number of hydrogen-bond acceptors (Lipinski definition) is 2. The smallest absolute Gasteiger partial charge is 0.407 e. The van der Waals surface area contributed by atoms with Gasteiger partial charge >= 0.3 is 5.76 Å². The lowest BCUT2D eigenvalue weighted by Crippen LogP contribution is -2.17. The molecule has 0 radical (unpaired) electrons. The molecule has 0 aliphatic rings. The van der Waals surface area contributed by atoms with E-state index in [1.807, 2.05) is 48.5 Å². The van der Waals surface area contributed by atoms with Gasteiger partial charge in [0.1, 0.15) is 0 Å². The van der Waals surface area contributed by atoms with E-state index in [0.29, 0.717) is 18.7 Å². The maximum absolute atomic E-state index is 12.5. The summed E-state index contributed by atoms with van der Waals surface area (Å²) in [4.78, 5) is 12.5. The summed E-state index contributed by atoms with van der Waals surface area (Å²) in [5.41, 5.74) is 2.82. The molecule has 0 unspecified atom stereocenters. The Bertz CT molecular complexity index is 1120. The zero-order chi connectivity index (χ0) is 17.9. The van der Waals surface area contributed by atoms with Gasteiger partial charge in [-0.05, 0) is 22.4 Å². The van der Waals surface area contributed by atoms with Crippen LogP contribution in [0.25, 0.3) is 22.1 Å². The third-order valence-electron chi connectivity index (χ3n) is 4.53. The predicted molar refractivity (Wildman–Crippen MR) is 105 cm³/mol. The highest BCUT2D eigenvalue weighted by molar-refractivity contribution is 5.86. The van der Waals surface area contributed by atoms with Crippen molar-refractivity contribution in [3.63, 3.8) is 0 Å². The molecule has 0 amide bonds. The van der Waals surface area contributed by atoms with Crippen molar-refractivity contribution in [2.24, 2.45) is 0 Å². The highest BCUT2D eigenvalue weighted by atomic mass is 16.4. The Morgan fingerprint density at radius 1 is 0.923 bits per heavy atom. The first-order chi connectivity index (χ1) is 12.8. The maximum atomic E-state index is 12.5. The monoisotopic (exact) mass is 341 g/mol. The molecular formula is C23H19NO2. The van der Waals surface area contributed by atoms with E-state index < -0.39 is 0 Å². The van der Waals surface area contributed by atoms with Crippen molar-refractivity contribution < 1.29 is 4.42 Å². The van der Waals surface area contributed by atoms with Gasteiger partial charge in [-0.2, -0.15) is 0 Å². The molecule has 0 aliphatic carbocycles. The number of nitrogens with zero attached hydrogens (tertiary/aromatic N) is 1. The van der Waals surface area contributed by atoms with Crippen LogP contribution in [0.3, 0.4) is 0 Å². The second-order valence-electron chi connectivity index (χ2n) is 6.27. The molecule has 0 N–H and O–H groups in total. The largest absolute Gasteiger partial charge is 0.420 e. The van der Waals surface area contributed by atoms with E-state index in [1.54, 1.807) is 10.6 Å². The summed E-state index contributed by atoms with van der Waals surface area (Å²) in [6, 6.07) is 24.2. The number of aromatic nitrogens is 1. The van der Waals surface area contributed by atoms with Crippen LogP contribution in [-0.2, 0) is 13.0 Å². The van der Waals surface area contributed by atoms with Crippen LogP contribution in [-0.4, -0.2) is 4.57 Å². The molecule has 3 aromatic carbocycles. The fourth-order valence-corrected chi connectivity index (χ4v) is 3.26. The van der Waals surface area contributed by atoms with Crippen LogP contribution in [0.5, 0.6) is 0 Å². The van der Waals surface area contributed by atoms with E-state index in [1.165, 1.54) is 0 Å². The number of benzene rings is 3. The number of rotatable bonds is 5. The van der Waals surface area contributed by atoms with Crippen LogP contribution in [0.15, 0.2) is 94.7 Å². The lowest BCUT2D eigenvalue weighted by molar-refractivity contribution is 0.497. The molecule has 26 heavy (non-hydrogen) atoms. The van der Waals surface area contributed by atoms with Crippen molar-refractivity contribution in [3.05, 3.63) is 107 Å². The van der Waals surface area contributed by atoms with Gasteiger partial charge < -0.3 is 4.42 Å². The minimum atomic E-state index is -0.339. The van der Waals surface area contributed by atoms with Gasteiger partial charge in [-0.15, -0.1) is 6.58 Å². The van der Waals surface area contributed by atoms with Crippen LogP contribution in [0.4, 0.5) is 0 Å². The summed E-state index contributed by atoms with van der Waals surface area (Å²) in [5, 5.41) is 2.28. The molecule has 0 fully saturated rings. The van der Waals surface area contributed by atoms with Crippen molar-refractivity contribution in [1.82, 2.24) is 4.57 Å². The summed E-state index contributed by atoms with van der Waals surface area (Å²) in [7, 11) is 0. The average molecular weight is 341 g/mol. The molecule has 3 heteroatoms. The first kappa shape index (κ1) is 16.2. The molecule has 0 saturated carbocycles. The molecule has 4 rings (SSSR count). The van der Waals surface area contributed by atoms with Gasteiger partial charge in [0.05, 0.1) is 12.2 Å². The number of allylic oxidation sites excluding steroid dienone is 1. The third kappa shape index (κ3) is 3.00. The molecule has 0 aliphatic heterocycles. The predicted octanol–water partition coefficient (Wildman–Crippen LogP) is 5.04. The van der Waals surface area contributed by atoms with E-state index in [-0.39, 0.29) is 5.76 Å². The Kier molecular flexibility index (Phi) is 4.28. The number of oxazole rings is 1. The van der Waals surface area contributed by atoms with Crippen molar-refractivity contribution in [3.8, 4) is 11.3 Å². The van der Waals surface area contributed by atoms with Crippen molar-refractivity contribution in [2.45, 2.75) is 13.0 Å². The first-order valence-corrected chi connectivity index (χ1v) is 8.63. The quantitative estimate of drug-likeness (QED) is 0.477. The summed E-state index contributed by atoms with van der Waals surface area (Å²) in [5.74, 6) is 0.283. The molecule has 0 saturated heterocycles. The van der Waals surface area contributed by atoms with E-state index in [4.69, 9.17) is 4.42 Å². The zero-order valence-electron chi connectivity index (χ0n) is 14.4. The van der Waals surface area contributed by atoms with Gasteiger partial charge in [0.15, 0.2) is 5.76 Å². The minimum absolute atomic E-state index is 0.339. The molecule has 0 spiro atoms. The summed E-state index contributed by atoms with van der Waals surface area (Å²) in [6.45, 7) is 4.33. The van der Waals surface area contributed by atoms with Gasteiger partial charge in [-0.25, -0.2) is 4.79 Å². The van der Waals surface area contributed by atoms with Crippen LogP contribution in [0, 0.1) is 0 Å². The highest BCUT2D eigenvalue weighted by Crippen LogP contribution is 2.27. The van der Waals surface area contributed by atoms with Gasteiger partial charge in [-0.1, -0.05) is 72.8 Å². The molecule has 0 atom stereocenters. The fraction of sp³-hybridized carbons (Fsp3) is 0.0870. The van der Waals surface area contributed by atoms with Gasteiger partial charge in [0.2, 0.25) is 0 Å². The standard InChI is InChI=1S/C23H19NO2/c1-2-8-21-22(20-14-13-18-11-6-7-12-19(18)15-20)26-23(25)24(21)16-17-9-4-3-5-10-17/h2-7,9-15H,1,8,16H2. The number of hydrogen-bond donors (Lipinski definition) is 0. The summed E-state index contributed by atoms with van der Waals surface area (Å²) >= 11 is 0. The normalized spacial score (nSPS) is 10.9. The Hall–Kier alpha value is -3.33. The van der Waals surface area contributed by atoms with Crippen LogP contribution < -0.4 is 5.76 Å². The third-order valence-corrected chi connectivity index (χ3v) is 4.53. The van der Waals surface area contributed by atoms with Gasteiger partial charge in [0, 0.05) is 12.0 Å². The molecule has 3 nitrogen and oxygen atoms in total. The van der Waals surface area contributed by atoms with Crippen molar-refractivity contribution in [1.29, 1.82) is 0 Å². The Morgan fingerprint density at radius 3 is 2.42 bits per heavy atom. The lowest BCUT2D eigenvalue weighted by atomic mass is 10.0. The number of fused-ring (bicyclic) bond motifs is 1. The molecule has 1 aromatic heterocycles. The summed E-state index contributed by atoms with van der Waals surface area (Å²) < 4.78 is 7.36. The zero-order valence-corrected chi connectivity index (χ0v) is 14.4.